The van der Waals surface area contributed by atoms with Gasteiger partial charge in [-0.1, -0.05) is 0 Å². The molecule has 1 aliphatic heterocycles. The molecule has 1 amide bonds. The van der Waals surface area contributed by atoms with E-state index in [1.807, 2.05) is 6.07 Å². The Bertz CT molecular complexity index is 493. The largest absolute Gasteiger partial charge is 0.484 e. The molecule has 1 aromatic rings. The molecule has 0 radical (unpaired) electrons. The third-order valence-corrected chi connectivity index (χ3v) is 3.34. The maximum Gasteiger partial charge on any atom is 0.258 e. The lowest BCUT2D eigenvalue weighted by Gasteiger charge is -2.30. The van der Waals surface area contributed by atoms with Crippen LogP contribution in [0.4, 0.5) is 0 Å². The Morgan fingerprint density at radius 3 is 2.90 bits per heavy atom. The highest BCUT2D eigenvalue weighted by molar-refractivity contribution is 5.77. The number of carbonyl (C=O) groups excluding carboxylic acids is 1. The van der Waals surface area contributed by atoms with Crippen molar-refractivity contribution in [1.29, 1.82) is 5.26 Å². The van der Waals surface area contributed by atoms with Crippen LogP contribution in [0.25, 0.3) is 0 Å². The van der Waals surface area contributed by atoms with Crippen LogP contribution in [0.5, 0.6) is 5.75 Å². The van der Waals surface area contributed by atoms with Crippen molar-refractivity contribution in [2.24, 2.45) is 0 Å². The van der Waals surface area contributed by atoms with Gasteiger partial charge in [-0.15, -0.1) is 0 Å². The highest BCUT2D eigenvalue weighted by Crippen LogP contribution is 2.11. The Hall–Kier alpha value is -2.06. The molecule has 0 spiro atoms. The number of likely N-dealkylation sites (tertiary alicyclic amines) is 1. The molecule has 2 rings (SSSR count). The second kappa shape index (κ2) is 6.92. The van der Waals surface area contributed by atoms with Crippen molar-refractivity contribution in [2.45, 2.75) is 18.9 Å². The molecular weight excluding hydrogens is 254 g/mol. The smallest absolute Gasteiger partial charge is 0.258 e. The van der Waals surface area contributed by atoms with Gasteiger partial charge in [0.25, 0.3) is 5.91 Å². The molecule has 1 fully saturated rings. The molecule has 0 bridgehead atoms. The number of carbonyl (C=O) groups is 1. The average molecular weight is 273 g/mol. The van der Waals surface area contributed by atoms with Crippen molar-refractivity contribution in [2.75, 3.05) is 26.7 Å². The fourth-order valence-corrected chi connectivity index (χ4v) is 2.33. The van der Waals surface area contributed by atoms with E-state index in [2.05, 4.69) is 17.3 Å². The van der Waals surface area contributed by atoms with Gasteiger partial charge in [0.1, 0.15) is 5.75 Å². The maximum absolute atomic E-state index is 11.8. The average Bonchev–Trinajstić information content (AvgIpc) is 2.46. The normalized spacial score (nSPS) is 19.1. The van der Waals surface area contributed by atoms with Crippen LogP contribution in [0.1, 0.15) is 18.4 Å². The number of nitrogens with zero attached hydrogens (tertiary/aromatic N) is 2. The number of likely N-dealkylation sites (N-methyl/N-ethyl adjacent to an activating group) is 1. The lowest BCUT2D eigenvalue weighted by atomic mass is 10.1. The highest BCUT2D eigenvalue weighted by Gasteiger charge is 2.18. The first-order valence-corrected chi connectivity index (χ1v) is 6.78. The molecule has 1 unspecified atom stereocenters. The summed E-state index contributed by atoms with van der Waals surface area (Å²) < 4.78 is 5.40. The van der Waals surface area contributed by atoms with Gasteiger partial charge in [0.05, 0.1) is 11.6 Å². The summed E-state index contributed by atoms with van der Waals surface area (Å²) in [6.45, 7) is 1.99. The minimum atomic E-state index is -0.102. The summed E-state index contributed by atoms with van der Waals surface area (Å²) in [6.07, 6.45) is 2.13. The lowest BCUT2D eigenvalue weighted by Crippen LogP contribution is -2.47. The van der Waals surface area contributed by atoms with E-state index in [1.54, 1.807) is 24.3 Å². The van der Waals surface area contributed by atoms with Crippen molar-refractivity contribution in [1.82, 2.24) is 10.2 Å². The van der Waals surface area contributed by atoms with E-state index in [-0.39, 0.29) is 18.6 Å². The number of amides is 1. The summed E-state index contributed by atoms with van der Waals surface area (Å²) in [7, 11) is 2.06. The van der Waals surface area contributed by atoms with Crippen LogP contribution in [0, 0.1) is 11.3 Å². The first kappa shape index (κ1) is 14.4. The molecule has 0 saturated carbocycles. The summed E-state index contributed by atoms with van der Waals surface area (Å²) in [6, 6.07) is 8.98. The Kier molecular flexibility index (Phi) is 4.97. The van der Waals surface area contributed by atoms with E-state index in [4.69, 9.17) is 10.00 Å². The predicted octanol–water partition coefficient (Wildman–Crippen LogP) is 1.15. The molecule has 106 valence electrons. The van der Waals surface area contributed by atoms with E-state index in [1.165, 1.54) is 0 Å². The topological polar surface area (TPSA) is 65.4 Å². The zero-order valence-corrected chi connectivity index (χ0v) is 11.6. The van der Waals surface area contributed by atoms with Crippen LogP contribution < -0.4 is 10.1 Å². The molecule has 1 atom stereocenters. The van der Waals surface area contributed by atoms with Gasteiger partial charge in [0.15, 0.2) is 6.61 Å². The van der Waals surface area contributed by atoms with Gasteiger partial charge in [-0.25, -0.2) is 0 Å². The summed E-state index contributed by atoms with van der Waals surface area (Å²) in [5, 5.41) is 11.7. The maximum atomic E-state index is 11.8. The Morgan fingerprint density at radius 1 is 1.50 bits per heavy atom. The van der Waals surface area contributed by atoms with E-state index in [0.29, 0.717) is 11.3 Å². The summed E-state index contributed by atoms with van der Waals surface area (Å²) in [5.74, 6) is 0.495. The van der Waals surface area contributed by atoms with Crippen molar-refractivity contribution in [3.63, 3.8) is 0 Å². The van der Waals surface area contributed by atoms with Crippen LogP contribution in [0.15, 0.2) is 24.3 Å². The fraction of sp³-hybridized carbons (Fsp3) is 0.467. The number of rotatable bonds is 4. The third-order valence-electron chi connectivity index (χ3n) is 3.34. The molecule has 5 nitrogen and oxygen atoms in total. The fourth-order valence-electron chi connectivity index (χ4n) is 2.33. The molecule has 0 aliphatic carbocycles. The lowest BCUT2D eigenvalue weighted by molar-refractivity contribution is -0.124. The Morgan fingerprint density at radius 2 is 2.25 bits per heavy atom. The van der Waals surface area contributed by atoms with Crippen LogP contribution in [0.2, 0.25) is 0 Å². The first-order valence-electron chi connectivity index (χ1n) is 6.78. The standard InChI is InChI=1S/C15H19N3O2/c1-18-8-2-3-13(10-18)17-15(19)11-20-14-6-4-12(9-16)5-7-14/h4-7,13H,2-3,8,10-11H2,1H3,(H,17,19). The SMILES string of the molecule is CN1CCCC(NC(=O)COc2ccc(C#N)cc2)C1. The van der Waals surface area contributed by atoms with Crippen LogP contribution in [-0.2, 0) is 4.79 Å². The monoisotopic (exact) mass is 273 g/mol. The second-order valence-corrected chi connectivity index (χ2v) is 5.09. The van der Waals surface area contributed by atoms with Gasteiger partial charge in [-0.05, 0) is 50.7 Å². The van der Waals surface area contributed by atoms with Crippen LogP contribution >= 0.6 is 0 Å². The summed E-state index contributed by atoms with van der Waals surface area (Å²) in [4.78, 5) is 14.0. The van der Waals surface area contributed by atoms with Gasteiger partial charge in [-0.2, -0.15) is 5.26 Å². The molecule has 1 saturated heterocycles. The first-order chi connectivity index (χ1) is 9.67. The van der Waals surface area contributed by atoms with Crippen molar-refractivity contribution >= 4 is 5.91 Å². The van der Waals surface area contributed by atoms with Gasteiger partial charge in [0, 0.05) is 12.6 Å². The van der Waals surface area contributed by atoms with Gasteiger partial charge < -0.3 is 15.0 Å². The number of hydrogen-bond donors (Lipinski definition) is 1. The minimum absolute atomic E-state index is 0.00607. The number of ether oxygens (including phenoxy) is 1. The molecule has 5 heteroatoms. The van der Waals surface area contributed by atoms with E-state index >= 15 is 0 Å². The molecule has 20 heavy (non-hydrogen) atoms. The molecule has 0 aromatic heterocycles. The van der Waals surface area contributed by atoms with E-state index in [9.17, 15) is 4.79 Å². The van der Waals surface area contributed by atoms with Crippen molar-refractivity contribution < 1.29 is 9.53 Å². The molecule has 1 heterocycles. The third kappa shape index (κ3) is 4.25. The molecule has 1 aromatic carbocycles. The second-order valence-electron chi connectivity index (χ2n) is 5.09. The number of nitriles is 1. The quantitative estimate of drug-likeness (QED) is 0.893. The molecule has 1 N–H and O–H groups in total. The van der Waals surface area contributed by atoms with Gasteiger partial charge in [-0.3, -0.25) is 4.79 Å². The Labute approximate surface area is 119 Å². The van der Waals surface area contributed by atoms with Crippen LogP contribution in [-0.4, -0.2) is 43.6 Å². The number of benzene rings is 1. The molecule has 1 aliphatic rings. The zero-order chi connectivity index (χ0) is 14.4. The predicted molar refractivity (Wildman–Crippen MR) is 75.3 cm³/mol. The zero-order valence-electron chi connectivity index (χ0n) is 11.6. The number of nitrogens with one attached hydrogen (secondary N) is 1. The van der Waals surface area contributed by atoms with Gasteiger partial charge in [0.2, 0.25) is 0 Å². The summed E-state index contributed by atoms with van der Waals surface area (Å²) >= 11 is 0. The number of piperidine rings is 1. The minimum Gasteiger partial charge on any atom is -0.484 e. The molecular formula is C15H19N3O2. The van der Waals surface area contributed by atoms with Crippen molar-refractivity contribution in [3.05, 3.63) is 29.8 Å². The van der Waals surface area contributed by atoms with Crippen LogP contribution in [0.3, 0.4) is 0 Å². The van der Waals surface area contributed by atoms with E-state index in [0.717, 1.165) is 25.9 Å². The van der Waals surface area contributed by atoms with Crippen molar-refractivity contribution in [3.8, 4) is 11.8 Å². The van der Waals surface area contributed by atoms with E-state index < -0.39 is 0 Å². The van der Waals surface area contributed by atoms with Gasteiger partial charge >= 0.3 is 0 Å². The number of hydrogen-bond acceptors (Lipinski definition) is 4. The highest BCUT2D eigenvalue weighted by atomic mass is 16.5. The summed E-state index contributed by atoms with van der Waals surface area (Å²) in [5.41, 5.74) is 0.576. The Balaban J connectivity index is 1.75.